The second kappa shape index (κ2) is 11.2. The SMILES string of the molecule is COc1c(CNCCNc2ccnc3cc(Cl)ccc23)c(C(F)(F)F)c(OC)c2ccccc12.Cl. The molecule has 0 saturated heterocycles. The third-order valence-electron chi connectivity index (χ3n) is 5.53. The summed E-state index contributed by atoms with van der Waals surface area (Å²) in [6.45, 7) is 0.844. The fourth-order valence-electron chi connectivity index (χ4n) is 4.11. The number of hydrogen-bond acceptors (Lipinski definition) is 5. The minimum Gasteiger partial charge on any atom is -0.496 e. The molecule has 10 heteroatoms. The third-order valence-corrected chi connectivity index (χ3v) is 5.77. The van der Waals surface area contributed by atoms with E-state index >= 15 is 0 Å². The number of methoxy groups -OCH3 is 2. The summed E-state index contributed by atoms with van der Waals surface area (Å²) in [4.78, 5) is 4.31. The zero-order valence-corrected chi connectivity index (χ0v) is 20.6. The van der Waals surface area contributed by atoms with E-state index in [1.807, 2.05) is 12.1 Å². The lowest BCUT2D eigenvalue weighted by Crippen LogP contribution is -2.24. The number of rotatable bonds is 8. The first-order chi connectivity index (χ1) is 16.3. The molecule has 0 unspecified atom stereocenters. The summed E-state index contributed by atoms with van der Waals surface area (Å²) in [5, 5.41) is 8.81. The molecule has 1 heterocycles. The lowest BCUT2D eigenvalue weighted by Gasteiger charge is -2.22. The average Bonchev–Trinajstić information content (AvgIpc) is 2.81. The molecular formula is C25H24Cl2F3N3O2. The van der Waals surface area contributed by atoms with Crippen LogP contribution in [0, 0.1) is 0 Å². The number of benzene rings is 3. The van der Waals surface area contributed by atoms with Crippen LogP contribution in [0.25, 0.3) is 21.7 Å². The summed E-state index contributed by atoms with van der Waals surface area (Å²) < 4.78 is 53.0. The van der Waals surface area contributed by atoms with Gasteiger partial charge < -0.3 is 20.1 Å². The van der Waals surface area contributed by atoms with Crippen molar-refractivity contribution >= 4 is 51.4 Å². The maximum Gasteiger partial charge on any atom is 0.420 e. The first-order valence-electron chi connectivity index (χ1n) is 10.6. The molecule has 2 N–H and O–H groups in total. The zero-order chi connectivity index (χ0) is 24.3. The van der Waals surface area contributed by atoms with E-state index in [0.717, 1.165) is 16.6 Å². The highest BCUT2D eigenvalue weighted by Gasteiger charge is 2.40. The third kappa shape index (κ3) is 5.50. The van der Waals surface area contributed by atoms with Crippen LogP contribution in [-0.4, -0.2) is 32.3 Å². The first-order valence-corrected chi connectivity index (χ1v) is 10.9. The number of pyridine rings is 1. The maximum absolute atomic E-state index is 14.1. The second-order valence-corrected chi connectivity index (χ2v) is 8.02. The van der Waals surface area contributed by atoms with E-state index in [-0.39, 0.29) is 36.0 Å². The molecule has 0 radical (unpaired) electrons. The number of nitrogens with zero attached hydrogens (tertiary/aromatic N) is 1. The van der Waals surface area contributed by atoms with Gasteiger partial charge in [0.2, 0.25) is 0 Å². The van der Waals surface area contributed by atoms with Gasteiger partial charge in [-0.2, -0.15) is 13.2 Å². The van der Waals surface area contributed by atoms with Crippen molar-refractivity contribution in [2.24, 2.45) is 0 Å². The maximum atomic E-state index is 14.1. The van der Waals surface area contributed by atoms with Gasteiger partial charge in [-0.15, -0.1) is 12.4 Å². The minimum atomic E-state index is -4.62. The molecule has 0 aliphatic carbocycles. The van der Waals surface area contributed by atoms with E-state index in [0.29, 0.717) is 28.9 Å². The van der Waals surface area contributed by atoms with Crippen molar-refractivity contribution < 1.29 is 22.6 Å². The van der Waals surface area contributed by atoms with Gasteiger partial charge in [-0.25, -0.2) is 0 Å². The van der Waals surface area contributed by atoms with Crippen LogP contribution in [0.3, 0.4) is 0 Å². The Balaban J connectivity index is 0.00000342. The molecule has 0 aliphatic rings. The summed E-state index contributed by atoms with van der Waals surface area (Å²) in [5.74, 6) is -0.0260. The summed E-state index contributed by atoms with van der Waals surface area (Å²) in [6.07, 6.45) is -2.94. The molecular weight excluding hydrogens is 502 g/mol. The summed E-state index contributed by atoms with van der Waals surface area (Å²) in [5.41, 5.74) is 0.801. The van der Waals surface area contributed by atoms with Gasteiger partial charge in [0.15, 0.2) is 0 Å². The number of nitrogens with one attached hydrogen (secondary N) is 2. The zero-order valence-electron chi connectivity index (χ0n) is 19.0. The Labute approximate surface area is 212 Å². The van der Waals surface area contributed by atoms with E-state index in [9.17, 15) is 13.2 Å². The van der Waals surface area contributed by atoms with Crippen LogP contribution in [0.15, 0.2) is 54.7 Å². The predicted octanol–water partition coefficient (Wildman–Crippen LogP) is 6.70. The largest absolute Gasteiger partial charge is 0.496 e. The molecule has 3 aromatic carbocycles. The summed E-state index contributed by atoms with van der Waals surface area (Å²) >= 11 is 6.03. The number of hydrogen-bond donors (Lipinski definition) is 2. The lowest BCUT2D eigenvalue weighted by atomic mass is 9.97. The molecule has 1 aromatic heterocycles. The van der Waals surface area contributed by atoms with Crippen molar-refractivity contribution in [2.45, 2.75) is 12.7 Å². The number of halogens is 5. The Morgan fingerprint density at radius 1 is 0.914 bits per heavy atom. The Bertz CT molecular complexity index is 1330. The van der Waals surface area contributed by atoms with Crippen molar-refractivity contribution in [3.8, 4) is 11.5 Å². The van der Waals surface area contributed by atoms with Crippen molar-refractivity contribution in [3.05, 3.63) is 70.9 Å². The van der Waals surface area contributed by atoms with Crippen LogP contribution in [0.4, 0.5) is 18.9 Å². The van der Waals surface area contributed by atoms with Crippen LogP contribution >= 0.6 is 24.0 Å². The van der Waals surface area contributed by atoms with Crippen LogP contribution in [0.2, 0.25) is 5.02 Å². The minimum absolute atomic E-state index is 0. The Morgan fingerprint density at radius 2 is 1.60 bits per heavy atom. The van der Waals surface area contributed by atoms with Gasteiger partial charge >= 0.3 is 6.18 Å². The van der Waals surface area contributed by atoms with Gasteiger partial charge in [-0.3, -0.25) is 4.98 Å². The van der Waals surface area contributed by atoms with Crippen LogP contribution in [0.1, 0.15) is 11.1 Å². The summed E-state index contributed by atoms with van der Waals surface area (Å²) in [7, 11) is 2.62. The highest BCUT2D eigenvalue weighted by molar-refractivity contribution is 6.31. The Kier molecular flexibility index (Phi) is 8.53. The average molecular weight is 526 g/mol. The van der Waals surface area contributed by atoms with E-state index in [1.54, 1.807) is 42.6 Å². The van der Waals surface area contributed by atoms with Gasteiger partial charge in [-0.05, 0) is 24.3 Å². The van der Waals surface area contributed by atoms with Crippen molar-refractivity contribution in [2.75, 3.05) is 32.6 Å². The van der Waals surface area contributed by atoms with E-state index in [1.165, 1.54) is 14.2 Å². The molecule has 4 rings (SSSR count). The fraction of sp³-hybridized carbons (Fsp3) is 0.240. The van der Waals surface area contributed by atoms with Gasteiger partial charge in [0.05, 0.1) is 19.7 Å². The Morgan fingerprint density at radius 3 is 2.26 bits per heavy atom. The van der Waals surface area contributed by atoms with Crippen LogP contribution < -0.4 is 20.1 Å². The van der Waals surface area contributed by atoms with E-state index in [4.69, 9.17) is 21.1 Å². The van der Waals surface area contributed by atoms with E-state index < -0.39 is 11.7 Å². The number of alkyl halides is 3. The molecule has 0 aliphatic heterocycles. The van der Waals surface area contributed by atoms with Crippen molar-refractivity contribution in [1.29, 1.82) is 0 Å². The standard InChI is InChI=1S/C25H23ClF3N3O2.ClH/c1-33-23-16-5-3-4-6-17(16)24(34-2)22(25(27,28)29)19(23)14-30-11-12-32-20-9-10-31-21-13-15(26)7-8-18(20)21;/h3-10,13,30H,11-12,14H2,1-2H3,(H,31,32);1H. The van der Waals surface area contributed by atoms with Gasteiger partial charge in [0.1, 0.15) is 17.1 Å². The molecule has 0 bridgehead atoms. The molecule has 0 spiro atoms. The number of anilines is 1. The Hall–Kier alpha value is -2.94. The normalized spacial score (nSPS) is 11.4. The first kappa shape index (κ1) is 26.7. The highest BCUT2D eigenvalue weighted by Crippen LogP contribution is 2.47. The molecule has 0 fully saturated rings. The highest BCUT2D eigenvalue weighted by atomic mass is 35.5. The quantitative estimate of drug-likeness (QED) is 0.250. The van der Waals surface area contributed by atoms with E-state index in [2.05, 4.69) is 15.6 Å². The van der Waals surface area contributed by atoms with Crippen LogP contribution in [-0.2, 0) is 12.7 Å². The number of aromatic nitrogens is 1. The van der Waals surface area contributed by atoms with Gasteiger partial charge in [0.25, 0.3) is 0 Å². The monoisotopic (exact) mass is 525 g/mol. The molecule has 186 valence electrons. The number of fused-ring (bicyclic) bond motifs is 2. The van der Waals surface area contributed by atoms with Crippen molar-refractivity contribution in [1.82, 2.24) is 10.3 Å². The predicted molar refractivity (Wildman–Crippen MR) is 136 cm³/mol. The molecule has 4 aromatic rings. The smallest absolute Gasteiger partial charge is 0.420 e. The van der Waals surface area contributed by atoms with Gasteiger partial charge in [0, 0.05) is 58.3 Å². The molecule has 35 heavy (non-hydrogen) atoms. The topological polar surface area (TPSA) is 55.4 Å². The fourth-order valence-corrected chi connectivity index (χ4v) is 4.28. The van der Waals surface area contributed by atoms with Crippen LogP contribution in [0.5, 0.6) is 11.5 Å². The van der Waals surface area contributed by atoms with Gasteiger partial charge in [-0.1, -0.05) is 35.9 Å². The number of ether oxygens (including phenoxy) is 2. The second-order valence-electron chi connectivity index (χ2n) is 7.59. The van der Waals surface area contributed by atoms with Crippen molar-refractivity contribution in [3.63, 3.8) is 0 Å². The molecule has 0 saturated carbocycles. The molecule has 5 nitrogen and oxygen atoms in total. The lowest BCUT2D eigenvalue weighted by molar-refractivity contribution is -0.139. The summed E-state index contributed by atoms with van der Waals surface area (Å²) in [6, 6.07) is 14.0. The molecule has 0 atom stereocenters. The molecule has 0 amide bonds.